The number of hydrogen-bond acceptors (Lipinski definition) is 1. The maximum atomic E-state index is 7.50. The SMILES string of the molecule is C.[C]=O.[Fe]. The maximum Gasteiger partial charge on any atom is 0.281 e. The van der Waals surface area contributed by atoms with Crippen molar-refractivity contribution in [2.24, 2.45) is 0 Å². The number of carbonyl (C=O) groups excluding carboxylic acids is 1. The van der Waals surface area contributed by atoms with Gasteiger partial charge in [-0.05, 0) is 0 Å². The minimum atomic E-state index is 0. The Hall–Kier alpha value is 0.189. The second kappa shape index (κ2) is 426. The predicted octanol–water partition coefficient (Wildman–Crippen LogP) is 0.236. The normalized spacial score (nSPS) is 1.00. The average molecular weight is 99.9 g/mol. The van der Waals surface area contributed by atoms with Gasteiger partial charge in [-0.1, -0.05) is 7.43 Å². The third-order valence-electron chi connectivity index (χ3n) is 0. The van der Waals surface area contributed by atoms with Gasteiger partial charge in [-0.3, -0.25) is 4.79 Å². The van der Waals surface area contributed by atoms with Gasteiger partial charge in [-0.15, -0.1) is 0 Å². The third-order valence-corrected chi connectivity index (χ3v) is 0. The van der Waals surface area contributed by atoms with Crippen molar-refractivity contribution in [3.05, 3.63) is 0 Å². The standard InChI is InChI=1S/CO.CH4.Fe/c1-2;;/h;1H4;. The molecule has 26 valence electrons. The Kier molecular flexibility index (Phi) is 3210. The first kappa shape index (κ1) is 30.1. The van der Waals surface area contributed by atoms with Gasteiger partial charge in [0.25, 0.3) is 6.79 Å². The predicted molar refractivity (Wildman–Crippen MR) is 12.4 cm³/mol. The molecular weight excluding hydrogens is 95.9 g/mol. The summed E-state index contributed by atoms with van der Waals surface area (Å²) in [6.07, 6.45) is 0. The van der Waals surface area contributed by atoms with Crippen molar-refractivity contribution >= 4 is 6.79 Å². The zero-order valence-corrected chi connectivity index (χ0v) is 2.37. The first-order valence-corrected chi connectivity index (χ1v) is 0.204. The molecule has 0 atom stereocenters. The molecule has 0 aliphatic carbocycles. The van der Waals surface area contributed by atoms with Crippen LogP contribution in [0.1, 0.15) is 7.43 Å². The quantitative estimate of drug-likeness (QED) is 0.398. The van der Waals surface area contributed by atoms with E-state index < -0.39 is 0 Å². The second-order valence-corrected chi connectivity index (χ2v) is 0. The Bertz CT molecular complexity index is 6.00. The van der Waals surface area contributed by atoms with Crippen LogP contribution in [-0.4, -0.2) is 6.79 Å². The molecule has 0 heterocycles. The molecule has 0 unspecified atom stereocenters. The van der Waals surface area contributed by atoms with E-state index in [2.05, 4.69) is 6.79 Å². The molecule has 0 amide bonds. The van der Waals surface area contributed by atoms with Gasteiger partial charge in [-0.2, -0.15) is 0 Å². The molecule has 2 heteroatoms. The molecule has 2 radical (unpaired) electrons. The van der Waals surface area contributed by atoms with Crippen molar-refractivity contribution in [2.45, 2.75) is 7.43 Å². The zero-order valence-electron chi connectivity index (χ0n) is 1.26. The van der Waals surface area contributed by atoms with Gasteiger partial charge in [0.2, 0.25) is 0 Å². The average Bonchev–Trinajstić information content (AvgIpc) is 1.00. The summed E-state index contributed by atoms with van der Waals surface area (Å²) in [5.41, 5.74) is 0. The summed E-state index contributed by atoms with van der Waals surface area (Å²) in [5.74, 6) is 0. The van der Waals surface area contributed by atoms with Crippen LogP contribution < -0.4 is 0 Å². The minimum absolute atomic E-state index is 0. The Labute approximate surface area is 36.9 Å². The van der Waals surface area contributed by atoms with Crippen LogP contribution in [0.15, 0.2) is 0 Å². The van der Waals surface area contributed by atoms with Crippen LogP contribution in [0.5, 0.6) is 0 Å². The molecule has 0 aromatic rings. The summed E-state index contributed by atoms with van der Waals surface area (Å²) in [6, 6.07) is 0. The van der Waals surface area contributed by atoms with E-state index in [1.807, 2.05) is 0 Å². The summed E-state index contributed by atoms with van der Waals surface area (Å²) in [5, 5.41) is 0. The fraction of sp³-hybridized carbons (Fsp3) is 0.500. The van der Waals surface area contributed by atoms with Crippen LogP contribution >= 0.6 is 0 Å². The minimum Gasteiger partial charge on any atom is -0.281 e. The van der Waals surface area contributed by atoms with E-state index in [4.69, 9.17) is 4.79 Å². The fourth-order valence-electron chi connectivity index (χ4n) is 0. The van der Waals surface area contributed by atoms with Gasteiger partial charge in [-0.25, -0.2) is 0 Å². The van der Waals surface area contributed by atoms with Crippen LogP contribution in [0.25, 0.3) is 0 Å². The molecule has 0 aromatic carbocycles. The molecule has 0 aliphatic heterocycles. The van der Waals surface area contributed by atoms with E-state index in [0.717, 1.165) is 0 Å². The van der Waals surface area contributed by atoms with E-state index in [9.17, 15) is 0 Å². The van der Waals surface area contributed by atoms with Gasteiger partial charge >= 0.3 is 0 Å². The van der Waals surface area contributed by atoms with Crippen molar-refractivity contribution in [2.75, 3.05) is 0 Å². The Balaban J connectivity index is -0.00000000500. The molecule has 0 spiro atoms. The van der Waals surface area contributed by atoms with E-state index >= 15 is 0 Å². The van der Waals surface area contributed by atoms with Crippen molar-refractivity contribution in [1.29, 1.82) is 0 Å². The monoisotopic (exact) mass is 100.0 g/mol. The van der Waals surface area contributed by atoms with Gasteiger partial charge in [0, 0.05) is 17.1 Å². The molecule has 0 saturated carbocycles. The van der Waals surface area contributed by atoms with Crippen LogP contribution in [-0.2, 0) is 21.9 Å². The van der Waals surface area contributed by atoms with Gasteiger partial charge in [0.05, 0.1) is 0 Å². The summed E-state index contributed by atoms with van der Waals surface area (Å²) < 4.78 is 0. The number of hydrogen-bond donors (Lipinski definition) is 0. The van der Waals surface area contributed by atoms with E-state index in [1.54, 1.807) is 0 Å². The molecule has 0 bridgehead atoms. The molecule has 0 fully saturated rings. The van der Waals surface area contributed by atoms with Crippen LogP contribution in [0.3, 0.4) is 0 Å². The van der Waals surface area contributed by atoms with E-state index in [0.29, 0.717) is 0 Å². The van der Waals surface area contributed by atoms with E-state index in [1.165, 1.54) is 0 Å². The van der Waals surface area contributed by atoms with Crippen LogP contribution in [0.4, 0.5) is 0 Å². The topological polar surface area (TPSA) is 17.1 Å². The van der Waals surface area contributed by atoms with Crippen LogP contribution in [0, 0.1) is 0 Å². The van der Waals surface area contributed by atoms with Gasteiger partial charge < -0.3 is 0 Å². The van der Waals surface area contributed by atoms with E-state index in [-0.39, 0.29) is 24.5 Å². The largest absolute Gasteiger partial charge is 0.281 e. The molecule has 1 nitrogen and oxygen atoms in total. The molecule has 4 heavy (non-hydrogen) atoms. The molecular formula is C2H4FeO. The molecule has 0 aromatic heterocycles. The van der Waals surface area contributed by atoms with Gasteiger partial charge in [0.15, 0.2) is 0 Å². The molecule has 0 aliphatic rings. The second-order valence-electron chi connectivity index (χ2n) is 0. The van der Waals surface area contributed by atoms with Crippen molar-refractivity contribution < 1.29 is 21.9 Å². The van der Waals surface area contributed by atoms with Crippen molar-refractivity contribution in [3.8, 4) is 0 Å². The van der Waals surface area contributed by atoms with Crippen LogP contribution in [0.2, 0.25) is 0 Å². The fourth-order valence-corrected chi connectivity index (χ4v) is 0. The zero-order chi connectivity index (χ0) is 2.00. The molecule has 0 N–H and O–H groups in total. The smallest absolute Gasteiger partial charge is 0.281 e. The summed E-state index contributed by atoms with van der Waals surface area (Å²) in [7, 11) is 0. The number of rotatable bonds is 0. The Morgan fingerprint density at radius 1 is 1.25 bits per heavy atom. The third kappa shape index (κ3) is 86.3. The molecule has 0 rings (SSSR count). The summed E-state index contributed by atoms with van der Waals surface area (Å²) >= 11 is 0. The Morgan fingerprint density at radius 2 is 1.25 bits per heavy atom. The first-order valence-electron chi connectivity index (χ1n) is 0.204. The Morgan fingerprint density at radius 3 is 1.25 bits per heavy atom. The van der Waals surface area contributed by atoms with Gasteiger partial charge in [0.1, 0.15) is 0 Å². The summed E-state index contributed by atoms with van der Waals surface area (Å²) in [4.78, 5) is 7.50. The first-order chi connectivity index (χ1) is 1.00. The molecule has 0 saturated heterocycles. The summed E-state index contributed by atoms with van der Waals surface area (Å²) in [6.45, 7) is 4.50. The maximum absolute atomic E-state index is 7.50. The van der Waals surface area contributed by atoms with Crippen molar-refractivity contribution in [3.63, 3.8) is 0 Å². The van der Waals surface area contributed by atoms with Crippen molar-refractivity contribution in [1.82, 2.24) is 0 Å².